The number of hydrogen-bond acceptors (Lipinski definition) is 4. The quantitative estimate of drug-likeness (QED) is 0.274. The van der Waals surface area contributed by atoms with E-state index in [0.717, 1.165) is 51.5 Å². The number of piperidine rings is 1. The molecule has 2 saturated heterocycles. The van der Waals surface area contributed by atoms with Crippen molar-refractivity contribution in [3.05, 3.63) is 35.9 Å². The second-order valence-electron chi connectivity index (χ2n) is 7.69. The Morgan fingerprint density at radius 1 is 1.17 bits per heavy atom. The van der Waals surface area contributed by atoms with Crippen molar-refractivity contribution in [3.63, 3.8) is 0 Å². The van der Waals surface area contributed by atoms with Crippen molar-refractivity contribution in [2.24, 2.45) is 10.9 Å². The van der Waals surface area contributed by atoms with E-state index in [1.54, 1.807) is 0 Å². The summed E-state index contributed by atoms with van der Waals surface area (Å²) in [4.78, 5) is 21.3. The predicted molar refractivity (Wildman–Crippen MR) is 128 cm³/mol. The maximum Gasteiger partial charge on any atom is 0.309 e. The Hall–Kier alpha value is -1.35. The number of ether oxygens (including phenoxy) is 1. The van der Waals surface area contributed by atoms with Crippen LogP contribution in [0.15, 0.2) is 35.3 Å². The first-order chi connectivity index (χ1) is 13.7. The van der Waals surface area contributed by atoms with Crippen LogP contribution in [-0.2, 0) is 16.1 Å². The van der Waals surface area contributed by atoms with Crippen LogP contribution in [0.2, 0.25) is 0 Å². The first kappa shape index (κ1) is 23.9. The third kappa shape index (κ3) is 6.84. The van der Waals surface area contributed by atoms with Crippen molar-refractivity contribution < 1.29 is 9.53 Å². The molecule has 0 aliphatic carbocycles. The lowest BCUT2D eigenvalue weighted by molar-refractivity contribution is -0.149. The van der Waals surface area contributed by atoms with E-state index < -0.39 is 0 Å². The summed E-state index contributed by atoms with van der Waals surface area (Å²) in [6.07, 6.45) is 4.15. The van der Waals surface area contributed by atoms with Gasteiger partial charge in [0.05, 0.1) is 12.5 Å². The molecule has 7 heteroatoms. The van der Waals surface area contributed by atoms with E-state index in [1.165, 1.54) is 18.4 Å². The van der Waals surface area contributed by atoms with E-state index in [1.807, 2.05) is 14.0 Å². The highest BCUT2D eigenvalue weighted by Crippen LogP contribution is 2.21. The molecule has 6 nitrogen and oxygen atoms in total. The number of likely N-dealkylation sites (tertiary alicyclic amines) is 2. The molecular formula is C22H35IN4O2. The third-order valence-electron chi connectivity index (χ3n) is 5.85. The zero-order chi connectivity index (χ0) is 19.8. The highest BCUT2D eigenvalue weighted by molar-refractivity contribution is 14.0. The Morgan fingerprint density at radius 2 is 1.90 bits per heavy atom. The minimum atomic E-state index is -0.0485. The average Bonchev–Trinajstić information content (AvgIpc) is 3.17. The molecule has 0 aromatic heterocycles. The molecule has 29 heavy (non-hydrogen) atoms. The van der Waals surface area contributed by atoms with Gasteiger partial charge < -0.3 is 15.0 Å². The summed E-state index contributed by atoms with van der Waals surface area (Å²) >= 11 is 0. The summed E-state index contributed by atoms with van der Waals surface area (Å²) in [6.45, 7) is 7.11. The number of benzene rings is 1. The molecular weight excluding hydrogens is 479 g/mol. The lowest BCUT2D eigenvalue weighted by Crippen LogP contribution is -2.49. The maximum absolute atomic E-state index is 11.9. The molecule has 2 fully saturated rings. The van der Waals surface area contributed by atoms with Crippen molar-refractivity contribution in [2.45, 2.75) is 45.2 Å². The SMILES string of the molecule is CCOC(=O)C1CCN(C(=NC)NCC2CCCN2Cc2ccccc2)CC1.I. The van der Waals surface area contributed by atoms with Crippen LogP contribution in [0.25, 0.3) is 0 Å². The monoisotopic (exact) mass is 514 g/mol. The van der Waals surface area contributed by atoms with Crippen LogP contribution in [-0.4, -0.2) is 67.6 Å². The molecule has 0 amide bonds. The number of rotatable bonds is 6. The fourth-order valence-corrected chi connectivity index (χ4v) is 4.28. The van der Waals surface area contributed by atoms with Crippen LogP contribution in [0, 0.1) is 5.92 Å². The van der Waals surface area contributed by atoms with E-state index in [4.69, 9.17) is 4.74 Å². The molecule has 1 atom stereocenters. The molecule has 2 heterocycles. The fraction of sp³-hybridized carbons (Fsp3) is 0.636. The molecule has 1 aromatic carbocycles. The van der Waals surface area contributed by atoms with E-state index in [9.17, 15) is 4.79 Å². The number of nitrogens with one attached hydrogen (secondary N) is 1. The van der Waals surface area contributed by atoms with Gasteiger partial charge in [0, 0.05) is 39.3 Å². The van der Waals surface area contributed by atoms with Crippen LogP contribution < -0.4 is 5.32 Å². The molecule has 0 radical (unpaired) electrons. The van der Waals surface area contributed by atoms with Crippen LogP contribution in [0.1, 0.15) is 38.2 Å². The second kappa shape index (κ2) is 12.4. The molecule has 1 N–H and O–H groups in total. The standard InChI is InChI=1S/C22H34N4O2.HI/c1-3-28-21(27)19-11-14-25(15-12-19)22(23-2)24-16-20-10-7-13-26(20)17-18-8-5-4-6-9-18;/h4-6,8-9,19-20H,3,7,10-17H2,1-2H3,(H,23,24);1H. The molecule has 2 aliphatic heterocycles. The van der Waals surface area contributed by atoms with Crippen LogP contribution in [0.4, 0.5) is 0 Å². The molecule has 162 valence electrons. The number of hydrogen-bond donors (Lipinski definition) is 1. The van der Waals surface area contributed by atoms with Gasteiger partial charge in [-0.25, -0.2) is 0 Å². The van der Waals surface area contributed by atoms with Crippen molar-refractivity contribution in [1.82, 2.24) is 15.1 Å². The molecule has 0 saturated carbocycles. The maximum atomic E-state index is 11.9. The van der Waals surface area contributed by atoms with Gasteiger partial charge in [-0.2, -0.15) is 0 Å². The normalized spacial score (nSPS) is 21.0. The summed E-state index contributed by atoms with van der Waals surface area (Å²) < 4.78 is 5.17. The average molecular weight is 514 g/mol. The molecule has 3 rings (SSSR count). The Kier molecular flexibility index (Phi) is 10.2. The van der Waals surface area contributed by atoms with Gasteiger partial charge in [-0.3, -0.25) is 14.7 Å². The number of guanidine groups is 1. The van der Waals surface area contributed by atoms with Crippen LogP contribution in [0.3, 0.4) is 0 Å². The summed E-state index contributed by atoms with van der Waals surface area (Å²) in [5, 5.41) is 3.58. The zero-order valence-electron chi connectivity index (χ0n) is 17.7. The highest BCUT2D eigenvalue weighted by Gasteiger charge is 2.29. The Bertz CT molecular complexity index is 647. The Labute approximate surface area is 192 Å². The second-order valence-corrected chi connectivity index (χ2v) is 7.69. The van der Waals surface area contributed by atoms with Crippen molar-refractivity contribution in [1.29, 1.82) is 0 Å². The number of esters is 1. The van der Waals surface area contributed by atoms with Gasteiger partial charge in [0.1, 0.15) is 0 Å². The first-order valence-electron chi connectivity index (χ1n) is 10.6. The van der Waals surface area contributed by atoms with Crippen LogP contribution in [0.5, 0.6) is 0 Å². The van der Waals surface area contributed by atoms with E-state index in [-0.39, 0.29) is 35.9 Å². The number of aliphatic imine (C=N–C) groups is 1. The van der Waals surface area contributed by atoms with Gasteiger partial charge in [-0.15, -0.1) is 24.0 Å². The molecule has 0 bridgehead atoms. The van der Waals surface area contributed by atoms with Gasteiger partial charge in [0.2, 0.25) is 0 Å². The fourth-order valence-electron chi connectivity index (χ4n) is 4.28. The van der Waals surface area contributed by atoms with Gasteiger partial charge in [0.15, 0.2) is 5.96 Å². The lowest BCUT2D eigenvalue weighted by atomic mass is 9.97. The van der Waals surface area contributed by atoms with Crippen molar-refractivity contribution >= 4 is 35.9 Å². The molecule has 1 unspecified atom stereocenters. The molecule has 0 spiro atoms. The largest absolute Gasteiger partial charge is 0.466 e. The third-order valence-corrected chi connectivity index (χ3v) is 5.85. The van der Waals surface area contributed by atoms with Crippen LogP contribution >= 0.6 is 24.0 Å². The van der Waals surface area contributed by atoms with E-state index in [2.05, 4.69) is 50.4 Å². The topological polar surface area (TPSA) is 57.2 Å². The number of carbonyl (C=O) groups is 1. The first-order valence-corrected chi connectivity index (χ1v) is 10.6. The highest BCUT2D eigenvalue weighted by atomic mass is 127. The number of carbonyl (C=O) groups excluding carboxylic acids is 1. The summed E-state index contributed by atoms with van der Waals surface area (Å²) in [6, 6.07) is 11.2. The Morgan fingerprint density at radius 3 is 2.55 bits per heavy atom. The summed E-state index contributed by atoms with van der Waals surface area (Å²) in [5.74, 6) is 0.937. The van der Waals surface area contributed by atoms with Gasteiger partial charge in [0.25, 0.3) is 0 Å². The van der Waals surface area contributed by atoms with Crippen molar-refractivity contribution in [3.8, 4) is 0 Å². The van der Waals surface area contributed by atoms with Crippen molar-refractivity contribution in [2.75, 3.05) is 39.8 Å². The van der Waals surface area contributed by atoms with Gasteiger partial charge in [-0.05, 0) is 44.7 Å². The molecule has 2 aliphatic rings. The minimum absolute atomic E-state index is 0. The Balaban J connectivity index is 0.00000300. The molecule has 1 aromatic rings. The van der Waals surface area contributed by atoms with E-state index in [0.29, 0.717) is 12.6 Å². The minimum Gasteiger partial charge on any atom is -0.466 e. The smallest absolute Gasteiger partial charge is 0.309 e. The number of nitrogens with zero attached hydrogens (tertiary/aromatic N) is 3. The van der Waals surface area contributed by atoms with Gasteiger partial charge >= 0.3 is 5.97 Å². The number of halogens is 1. The lowest BCUT2D eigenvalue weighted by Gasteiger charge is -2.34. The summed E-state index contributed by atoms with van der Waals surface area (Å²) in [5.41, 5.74) is 1.37. The zero-order valence-corrected chi connectivity index (χ0v) is 20.0. The predicted octanol–water partition coefficient (Wildman–Crippen LogP) is 3.12. The van der Waals surface area contributed by atoms with E-state index >= 15 is 0 Å². The summed E-state index contributed by atoms with van der Waals surface area (Å²) in [7, 11) is 1.84. The van der Waals surface area contributed by atoms with Gasteiger partial charge in [-0.1, -0.05) is 30.3 Å².